The molecule has 2 heterocycles. The maximum atomic E-state index is 10.3. The molecule has 158 valence electrons. The maximum Gasteiger partial charge on any atom is 0.220 e. The van der Waals surface area contributed by atoms with Crippen molar-refractivity contribution in [2.45, 2.75) is 52.0 Å². The highest BCUT2D eigenvalue weighted by atomic mass is 16.5. The van der Waals surface area contributed by atoms with Gasteiger partial charge in [-0.05, 0) is 38.0 Å². The van der Waals surface area contributed by atoms with Gasteiger partial charge in [-0.15, -0.1) is 0 Å². The quantitative estimate of drug-likeness (QED) is 0.247. The molecule has 8 nitrogen and oxygen atoms in total. The van der Waals surface area contributed by atoms with Gasteiger partial charge >= 0.3 is 0 Å². The lowest BCUT2D eigenvalue weighted by atomic mass is 10.2. The Kier molecular flexibility index (Phi) is 9.01. The second kappa shape index (κ2) is 11.7. The molecule has 1 fully saturated rings. The van der Waals surface area contributed by atoms with E-state index in [9.17, 15) is 4.79 Å². The third-order valence-electron chi connectivity index (χ3n) is 4.56. The highest BCUT2D eigenvalue weighted by Crippen LogP contribution is 2.22. The van der Waals surface area contributed by atoms with Crippen molar-refractivity contribution in [3.05, 3.63) is 30.0 Å². The number of hydrogen-bond donors (Lipinski definition) is 4. The van der Waals surface area contributed by atoms with Crippen LogP contribution < -0.4 is 21.2 Å². The van der Waals surface area contributed by atoms with E-state index in [1.807, 2.05) is 31.3 Å². The summed E-state index contributed by atoms with van der Waals surface area (Å²) in [6.45, 7) is 4.91. The minimum atomic E-state index is 0.201. The maximum absolute atomic E-state index is 10.3. The molecule has 1 aromatic heterocycles. The van der Waals surface area contributed by atoms with Gasteiger partial charge < -0.3 is 20.8 Å². The minimum absolute atomic E-state index is 0.201. The second-order valence-corrected chi connectivity index (χ2v) is 7.01. The van der Waals surface area contributed by atoms with Crippen LogP contribution in [0.3, 0.4) is 0 Å². The van der Waals surface area contributed by atoms with Gasteiger partial charge in [-0.1, -0.05) is 19.8 Å². The fourth-order valence-electron chi connectivity index (χ4n) is 2.89. The Bertz CT molecular complexity index is 843. The van der Waals surface area contributed by atoms with Gasteiger partial charge in [0.15, 0.2) is 0 Å². The molecule has 0 bridgehead atoms. The van der Waals surface area contributed by atoms with Crippen molar-refractivity contribution in [2.24, 2.45) is 15.8 Å². The van der Waals surface area contributed by atoms with Crippen LogP contribution in [0.2, 0.25) is 0 Å². The van der Waals surface area contributed by atoms with E-state index in [2.05, 4.69) is 32.7 Å². The van der Waals surface area contributed by atoms with Gasteiger partial charge in [0.1, 0.15) is 5.75 Å². The number of fused-ring (bicyclic) bond motifs is 1. The number of aliphatic imine (C=N–C) groups is 1. The predicted octanol–water partition coefficient (Wildman–Crippen LogP) is 2.89. The fraction of sp³-hybridized carbons (Fsp3) is 0.476. The summed E-state index contributed by atoms with van der Waals surface area (Å²) in [7, 11) is 1.65. The summed E-state index contributed by atoms with van der Waals surface area (Å²) in [5.41, 5.74) is 10.5. The molecule has 1 aliphatic heterocycles. The highest BCUT2D eigenvalue weighted by Gasteiger charge is 2.14. The van der Waals surface area contributed by atoms with E-state index in [0.29, 0.717) is 12.0 Å². The van der Waals surface area contributed by atoms with Crippen molar-refractivity contribution in [1.29, 1.82) is 0 Å². The molecule has 1 aliphatic rings. The number of amides is 1. The van der Waals surface area contributed by atoms with Gasteiger partial charge in [-0.3, -0.25) is 9.79 Å². The summed E-state index contributed by atoms with van der Waals surface area (Å²) in [6.07, 6.45) is 8.73. The summed E-state index contributed by atoms with van der Waals surface area (Å²) >= 11 is 0. The first-order valence-corrected chi connectivity index (χ1v) is 10.1. The number of methoxy groups -OCH3 is 1. The first-order chi connectivity index (χ1) is 14.0. The number of hydrogen-bond acceptors (Lipinski definition) is 4. The number of hydrazone groups is 1. The fourth-order valence-corrected chi connectivity index (χ4v) is 2.89. The van der Waals surface area contributed by atoms with Crippen LogP contribution in [0.25, 0.3) is 10.9 Å². The predicted molar refractivity (Wildman–Crippen MR) is 118 cm³/mol. The first kappa shape index (κ1) is 22.3. The van der Waals surface area contributed by atoms with E-state index in [1.165, 1.54) is 6.42 Å². The number of unbranched alkanes of at least 4 members (excludes halogenated alkanes) is 2. The molecule has 5 N–H and O–H groups in total. The monoisotopic (exact) mass is 400 g/mol. The number of nitrogens with zero attached hydrogens (tertiary/aromatic N) is 2. The van der Waals surface area contributed by atoms with Gasteiger partial charge in [0.05, 0.1) is 13.3 Å². The number of aromatic nitrogens is 1. The number of aromatic amines is 1. The van der Waals surface area contributed by atoms with E-state index in [0.717, 1.165) is 54.4 Å². The molecule has 2 aromatic rings. The van der Waals surface area contributed by atoms with Crippen LogP contribution in [-0.2, 0) is 4.79 Å². The summed E-state index contributed by atoms with van der Waals surface area (Å²) in [5, 5.41) is 7.95. The third kappa shape index (κ3) is 7.48. The Balaban J connectivity index is 0.000000360. The SMILES string of the molecule is CC1CCC(=O)N1.CCCCCN=C(N)N/N=C/c1c[nH]c2ccc(OC)cc12. The van der Waals surface area contributed by atoms with Gasteiger partial charge in [0.2, 0.25) is 11.9 Å². The standard InChI is InChI=1S/C16H23N5O.C5H9NO/c1-3-4-5-8-18-16(17)21-20-11-12-10-19-15-7-6-13(22-2)9-14(12)15;1-4-2-3-5(7)6-4/h6-7,9-11,19H,3-5,8H2,1-2H3,(H3,17,18,21);4H,2-3H2,1H3,(H,6,7)/b20-11+;. The summed E-state index contributed by atoms with van der Waals surface area (Å²) in [6, 6.07) is 6.28. The van der Waals surface area contributed by atoms with Gasteiger partial charge in [0, 0.05) is 41.7 Å². The van der Waals surface area contributed by atoms with Crippen LogP contribution in [-0.4, -0.2) is 42.8 Å². The van der Waals surface area contributed by atoms with Crippen LogP contribution in [0.4, 0.5) is 0 Å². The summed E-state index contributed by atoms with van der Waals surface area (Å²) in [4.78, 5) is 17.7. The molecular weight excluding hydrogens is 368 g/mol. The van der Waals surface area contributed by atoms with Crippen molar-refractivity contribution >= 4 is 29.0 Å². The summed E-state index contributed by atoms with van der Waals surface area (Å²) < 4.78 is 5.24. The zero-order valence-corrected chi connectivity index (χ0v) is 17.5. The average Bonchev–Trinajstić information content (AvgIpc) is 3.30. The highest BCUT2D eigenvalue weighted by molar-refractivity contribution is 5.99. The molecule has 29 heavy (non-hydrogen) atoms. The van der Waals surface area contributed by atoms with Crippen molar-refractivity contribution in [1.82, 2.24) is 15.7 Å². The topological polar surface area (TPSA) is 117 Å². The molecule has 0 radical (unpaired) electrons. The van der Waals surface area contributed by atoms with Crippen molar-refractivity contribution in [3.8, 4) is 5.75 Å². The third-order valence-corrected chi connectivity index (χ3v) is 4.56. The van der Waals surface area contributed by atoms with E-state index < -0.39 is 0 Å². The zero-order valence-electron chi connectivity index (χ0n) is 17.5. The Morgan fingerprint density at radius 3 is 2.86 bits per heavy atom. The van der Waals surface area contributed by atoms with Crippen LogP contribution in [0, 0.1) is 0 Å². The van der Waals surface area contributed by atoms with Gasteiger partial charge in [-0.2, -0.15) is 5.10 Å². The summed E-state index contributed by atoms with van der Waals surface area (Å²) in [5.74, 6) is 1.35. The molecule has 0 spiro atoms. The Labute approximate surface area is 172 Å². The lowest BCUT2D eigenvalue weighted by molar-refractivity contribution is -0.119. The number of guanidine groups is 1. The van der Waals surface area contributed by atoms with Crippen molar-refractivity contribution < 1.29 is 9.53 Å². The molecule has 8 heteroatoms. The van der Waals surface area contributed by atoms with E-state index in [1.54, 1.807) is 13.3 Å². The largest absolute Gasteiger partial charge is 0.497 e. The molecule has 1 atom stereocenters. The number of rotatable bonds is 7. The molecular formula is C21H32N6O2. The molecule has 3 rings (SSSR count). The average molecular weight is 401 g/mol. The van der Waals surface area contributed by atoms with Crippen LogP contribution >= 0.6 is 0 Å². The minimum Gasteiger partial charge on any atom is -0.497 e. The van der Waals surface area contributed by atoms with Crippen LogP contribution in [0.5, 0.6) is 5.75 Å². The van der Waals surface area contributed by atoms with E-state index in [-0.39, 0.29) is 5.91 Å². The zero-order chi connectivity index (χ0) is 21.1. The lowest BCUT2D eigenvalue weighted by Crippen LogP contribution is -2.27. The molecule has 1 aromatic carbocycles. The number of carbonyl (C=O) groups is 1. The first-order valence-electron chi connectivity index (χ1n) is 10.1. The molecule has 1 saturated heterocycles. The van der Waals surface area contributed by atoms with E-state index >= 15 is 0 Å². The van der Waals surface area contributed by atoms with Crippen molar-refractivity contribution in [3.63, 3.8) is 0 Å². The molecule has 0 saturated carbocycles. The smallest absolute Gasteiger partial charge is 0.220 e. The number of benzene rings is 1. The number of H-pyrrole nitrogens is 1. The molecule has 0 aliphatic carbocycles. The van der Waals surface area contributed by atoms with Gasteiger partial charge in [-0.25, -0.2) is 5.43 Å². The molecule has 1 amide bonds. The van der Waals surface area contributed by atoms with Crippen molar-refractivity contribution in [2.75, 3.05) is 13.7 Å². The Hall–Kier alpha value is -3.03. The van der Waals surface area contributed by atoms with E-state index in [4.69, 9.17) is 10.5 Å². The van der Waals surface area contributed by atoms with Crippen LogP contribution in [0.1, 0.15) is 51.5 Å². The lowest BCUT2D eigenvalue weighted by Gasteiger charge is -2.00. The normalized spacial score (nSPS) is 16.6. The van der Waals surface area contributed by atoms with Gasteiger partial charge in [0.25, 0.3) is 0 Å². The number of nitrogens with one attached hydrogen (secondary N) is 3. The van der Waals surface area contributed by atoms with Crippen LogP contribution in [0.15, 0.2) is 34.5 Å². The number of nitrogens with two attached hydrogens (primary N) is 1. The second-order valence-electron chi connectivity index (χ2n) is 7.01. The number of carbonyl (C=O) groups excluding carboxylic acids is 1. The Morgan fingerprint density at radius 2 is 2.24 bits per heavy atom. The molecule has 1 unspecified atom stereocenters. The number of ether oxygens (including phenoxy) is 1. The Morgan fingerprint density at radius 1 is 1.41 bits per heavy atom.